The van der Waals surface area contributed by atoms with Crippen LogP contribution in [-0.4, -0.2) is 18.5 Å². The van der Waals surface area contributed by atoms with Crippen molar-refractivity contribution in [3.63, 3.8) is 0 Å². The topological polar surface area (TPSA) is 49.7 Å². The number of hydrazone groups is 1. The molecule has 3 aromatic rings. The molecule has 0 bridgehead atoms. The Labute approximate surface area is 174 Å². The van der Waals surface area contributed by atoms with Gasteiger partial charge in [0, 0.05) is 11.4 Å². The molecule has 1 aliphatic rings. The first kappa shape index (κ1) is 19.6. The summed E-state index contributed by atoms with van der Waals surface area (Å²) in [7, 11) is -3.90. The number of halogens is 2. The average Bonchev–Trinajstić information content (AvgIpc) is 3.16. The molecule has 4 rings (SSSR count). The Bertz CT molecular complexity index is 1160. The van der Waals surface area contributed by atoms with Crippen LogP contribution in [0.25, 0.3) is 0 Å². The number of benzene rings is 3. The van der Waals surface area contributed by atoms with Gasteiger partial charge in [-0.05, 0) is 54.4 Å². The quantitative estimate of drug-likeness (QED) is 0.564. The Kier molecular flexibility index (Phi) is 5.15. The summed E-state index contributed by atoms with van der Waals surface area (Å²) in [6.45, 7) is 1.97. The number of hydrogen-bond donors (Lipinski definition) is 0. The van der Waals surface area contributed by atoms with Crippen LogP contribution in [0.15, 0.2) is 82.8 Å². The van der Waals surface area contributed by atoms with E-state index in [1.165, 1.54) is 36.4 Å². The highest BCUT2D eigenvalue weighted by molar-refractivity contribution is 7.89. The third-order valence-electron chi connectivity index (χ3n) is 4.87. The Hall–Kier alpha value is -2.70. The molecule has 4 nitrogen and oxygen atoms in total. The van der Waals surface area contributed by atoms with E-state index in [1.807, 2.05) is 31.2 Å². The highest BCUT2D eigenvalue weighted by Crippen LogP contribution is 2.37. The zero-order valence-electron chi connectivity index (χ0n) is 15.6. The van der Waals surface area contributed by atoms with Gasteiger partial charge < -0.3 is 0 Å². The van der Waals surface area contributed by atoms with Crippen LogP contribution in [0, 0.1) is 12.7 Å². The predicted molar refractivity (Wildman–Crippen MR) is 112 cm³/mol. The van der Waals surface area contributed by atoms with Crippen LogP contribution in [0.1, 0.15) is 29.2 Å². The molecule has 1 aliphatic heterocycles. The van der Waals surface area contributed by atoms with E-state index in [4.69, 9.17) is 11.6 Å². The Morgan fingerprint density at radius 2 is 1.59 bits per heavy atom. The largest absolute Gasteiger partial charge is 0.279 e. The maximum absolute atomic E-state index is 13.3. The molecule has 0 N–H and O–H groups in total. The van der Waals surface area contributed by atoms with Gasteiger partial charge in [0.15, 0.2) is 0 Å². The van der Waals surface area contributed by atoms with E-state index < -0.39 is 16.1 Å². The van der Waals surface area contributed by atoms with Crippen LogP contribution in [-0.2, 0) is 10.0 Å². The van der Waals surface area contributed by atoms with Gasteiger partial charge in [0.2, 0.25) is 0 Å². The van der Waals surface area contributed by atoms with Crippen LogP contribution in [0.4, 0.5) is 4.39 Å². The van der Waals surface area contributed by atoms with Gasteiger partial charge in [0.25, 0.3) is 10.0 Å². The molecule has 1 atom stereocenters. The second kappa shape index (κ2) is 7.61. The van der Waals surface area contributed by atoms with Crippen molar-refractivity contribution in [1.29, 1.82) is 0 Å². The van der Waals surface area contributed by atoms with Gasteiger partial charge in [0.1, 0.15) is 5.82 Å². The van der Waals surface area contributed by atoms with Gasteiger partial charge in [-0.1, -0.05) is 53.6 Å². The molecule has 0 saturated heterocycles. The average molecular weight is 429 g/mol. The third kappa shape index (κ3) is 3.91. The number of sulfonamides is 1. The SMILES string of the molecule is Cc1ccc(C2CC(c3ccc(F)cc3)=NN2S(=O)(=O)c2ccc(Cl)cc2)cc1. The number of aryl methyl sites for hydroxylation is 1. The number of rotatable bonds is 4. The molecule has 3 aromatic carbocycles. The summed E-state index contributed by atoms with van der Waals surface area (Å²) >= 11 is 5.91. The van der Waals surface area contributed by atoms with Gasteiger partial charge in [-0.15, -0.1) is 0 Å². The van der Waals surface area contributed by atoms with E-state index in [0.717, 1.165) is 15.5 Å². The highest BCUT2D eigenvalue weighted by atomic mass is 35.5. The fraction of sp³-hybridized carbons (Fsp3) is 0.136. The minimum absolute atomic E-state index is 0.114. The van der Waals surface area contributed by atoms with Gasteiger partial charge in [-0.25, -0.2) is 4.39 Å². The molecule has 7 heteroatoms. The molecule has 0 spiro atoms. The normalized spacial score (nSPS) is 16.7. The molecule has 0 aliphatic carbocycles. The molecule has 0 amide bonds. The van der Waals surface area contributed by atoms with E-state index in [1.54, 1.807) is 12.1 Å². The molecule has 29 heavy (non-hydrogen) atoms. The summed E-state index contributed by atoms with van der Waals surface area (Å²) in [4.78, 5) is 0.114. The van der Waals surface area contributed by atoms with Crippen molar-refractivity contribution >= 4 is 27.3 Å². The summed E-state index contributed by atoms with van der Waals surface area (Å²) in [5.41, 5.74) is 3.21. The standard InChI is InChI=1S/C22H18ClFN2O2S/c1-15-2-4-17(5-3-15)22-14-21(16-6-10-19(24)11-7-16)25-26(22)29(27,28)20-12-8-18(23)9-13-20/h2-13,22H,14H2,1H3. The number of hydrogen-bond acceptors (Lipinski definition) is 3. The van der Waals surface area contributed by atoms with E-state index in [0.29, 0.717) is 22.7 Å². The van der Waals surface area contributed by atoms with E-state index in [9.17, 15) is 12.8 Å². The minimum atomic E-state index is -3.90. The summed E-state index contributed by atoms with van der Waals surface area (Å²) < 4.78 is 41.2. The second-order valence-electron chi connectivity index (χ2n) is 6.92. The monoisotopic (exact) mass is 428 g/mol. The number of nitrogens with zero attached hydrogens (tertiary/aromatic N) is 2. The lowest BCUT2D eigenvalue weighted by atomic mass is 9.98. The van der Waals surface area contributed by atoms with Crippen molar-refractivity contribution in [3.05, 3.63) is 100 Å². The van der Waals surface area contributed by atoms with E-state index >= 15 is 0 Å². The first-order valence-electron chi connectivity index (χ1n) is 9.04. The van der Waals surface area contributed by atoms with Crippen LogP contribution in [0.2, 0.25) is 5.02 Å². The fourth-order valence-corrected chi connectivity index (χ4v) is 4.84. The van der Waals surface area contributed by atoms with Gasteiger partial charge in [-0.2, -0.15) is 17.9 Å². The molecule has 0 saturated carbocycles. The summed E-state index contributed by atoms with van der Waals surface area (Å²) in [5, 5.41) is 4.90. The van der Waals surface area contributed by atoms with Crippen LogP contribution >= 0.6 is 11.6 Å². The lowest BCUT2D eigenvalue weighted by Gasteiger charge is -2.23. The third-order valence-corrected chi connectivity index (χ3v) is 6.82. The van der Waals surface area contributed by atoms with Crippen LogP contribution in [0.3, 0.4) is 0 Å². The maximum atomic E-state index is 13.3. The minimum Gasteiger partial charge on any atom is -0.207 e. The van der Waals surface area contributed by atoms with Crippen molar-refractivity contribution in [2.75, 3.05) is 0 Å². The summed E-state index contributed by atoms with van der Waals surface area (Å²) in [5.74, 6) is -0.354. The Morgan fingerprint density at radius 1 is 0.966 bits per heavy atom. The smallest absolute Gasteiger partial charge is 0.207 e. The van der Waals surface area contributed by atoms with E-state index in [2.05, 4.69) is 5.10 Å². The molecular weight excluding hydrogens is 411 g/mol. The summed E-state index contributed by atoms with van der Waals surface area (Å²) in [6, 6.07) is 19.1. The Balaban J connectivity index is 1.79. The maximum Gasteiger partial charge on any atom is 0.279 e. The zero-order valence-corrected chi connectivity index (χ0v) is 17.2. The summed E-state index contributed by atoms with van der Waals surface area (Å²) in [6.07, 6.45) is 0.390. The van der Waals surface area contributed by atoms with Crippen molar-refractivity contribution in [2.45, 2.75) is 24.3 Å². The first-order valence-corrected chi connectivity index (χ1v) is 10.9. The molecule has 1 heterocycles. The first-order chi connectivity index (χ1) is 13.8. The van der Waals surface area contributed by atoms with Gasteiger partial charge in [0.05, 0.1) is 16.6 Å². The van der Waals surface area contributed by atoms with Crippen molar-refractivity contribution in [1.82, 2.24) is 4.41 Å². The lowest BCUT2D eigenvalue weighted by molar-refractivity contribution is 0.371. The van der Waals surface area contributed by atoms with Gasteiger partial charge >= 0.3 is 0 Å². The van der Waals surface area contributed by atoms with Crippen LogP contribution in [0.5, 0.6) is 0 Å². The predicted octanol–water partition coefficient (Wildman–Crippen LogP) is 5.33. The van der Waals surface area contributed by atoms with Crippen molar-refractivity contribution in [3.8, 4) is 0 Å². The van der Waals surface area contributed by atoms with Crippen molar-refractivity contribution < 1.29 is 12.8 Å². The molecule has 0 fully saturated rings. The molecule has 1 unspecified atom stereocenters. The molecule has 0 aromatic heterocycles. The lowest BCUT2D eigenvalue weighted by Crippen LogP contribution is -2.27. The van der Waals surface area contributed by atoms with Gasteiger partial charge in [-0.3, -0.25) is 0 Å². The molecular formula is C22H18ClFN2O2S. The second-order valence-corrected chi connectivity index (χ2v) is 9.15. The fourth-order valence-electron chi connectivity index (χ4n) is 3.28. The molecule has 0 radical (unpaired) electrons. The van der Waals surface area contributed by atoms with Crippen LogP contribution < -0.4 is 0 Å². The molecule has 148 valence electrons. The van der Waals surface area contributed by atoms with E-state index in [-0.39, 0.29) is 10.7 Å². The highest BCUT2D eigenvalue weighted by Gasteiger charge is 2.37. The van der Waals surface area contributed by atoms with Crippen molar-refractivity contribution in [2.24, 2.45) is 5.10 Å². The zero-order chi connectivity index (χ0) is 20.6. The Morgan fingerprint density at radius 3 is 2.21 bits per heavy atom.